The number of aliphatic carboxylic acids is 1. The van der Waals surface area contributed by atoms with Gasteiger partial charge in [-0.1, -0.05) is 0 Å². The Morgan fingerprint density at radius 2 is 2.18 bits per heavy atom. The Bertz CT molecular complexity index is 416. The lowest BCUT2D eigenvalue weighted by Crippen LogP contribution is -2.59. The van der Waals surface area contributed by atoms with Gasteiger partial charge in [0.25, 0.3) is 0 Å². The van der Waals surface area contributed by atoms with Gasteiger partial charge >= 0.3 is 12.1 Å². The summed E-state index contributed by atoms with van der Waals surface area (Å²) >= 11 is 0. The molecule has 17 heavy (non-hydrogen) atoms. The molecule has 0 saturated carbocycles. The van der Waals surface area contributed by atoms with Crippen molar-refractivity contribution in [1.82, 2.24) is 9.55 Å². The monoisotopic (exact) mass is 251 g/mol. The molecule has 0 amide bonds. The van der Waals surface area contributed by atoms with Crippen molar-refractivity contribution in [1.29, 1.82) is 0 Å². The summed E-state index contributed by atoms with van der Waals surface area (Å²) in [6, 6.07) is 0. The second-order valence-corrected chi connectivity index (χ2v) is 3.73. The Hall–Kier alpha value is -1.57. The van der Waals surface area contributed by atoms with Crippen LogP contribution in [-0.2, 0) is 18.3 Å². The van der Waals surface area contributed by atoms with Crippen LogP contribution in [0.25, 0.3) is 0 Å². The molecule has 1 heterocycles. The summed E-state index contributed by atoms with van der Waals surface area (Å²) in [4.78, 5) is 14.4. The highest BCUT2D eigenvalue weighted by molar-refractivity contribution is 5.79. The maximum Gasteiger partial charge on any atom is 0.417 e. The van der Waals surface area contributed by atoms with Crippen LogP contribution in [0, 0.1) is 0 Å². The largest absolute Gasteiger partial charge is 0.480 e. The molecule has 0 aliphatic rings. The zero-order chi connectivity index (χ0) is 13.3. The normalized spacial score (nSPS) is 15.6. The van der Waals surface area contributed by atoms with Crippen molar-refractivity contribution < 1.29 is 23.1 Å². The van der Waals surface area contributed by atoms with E-state index >= 15 is 0 Å². The predicted molar refractivity (Wildman–Crippen MR) is 52.1 cm³/mol. The van der Waals surface area contributed by atoms with E-state index in [9.17, 15) is 18.0 Å². The third-order valence-corrected chi connectivity index (χ3v) is 2.55. The number of nitrogens with two attached hydrogens (primary N) is 1. The van der Waals surface area contributed by atoms with Crippen molar-refractivity contribution in [2.24, 2.45) is 12.8 Å². The molecule has 1 atom stereocenters. The number of nitrogens with zero attached hydrogens (tertiary/aromatic N) is 2. The summed E-state index contributed by atoms with van der Waals surface area (Å²) in [6.07, 6.45) is -2.93. The maximum absolute atomic E-state index is 12.6. The van der Waals surface area contributed by atoms with E-state index in [1.54, 1.807) is 13.2 Å². The predicted octanol–water partition coefficient (Wildman–Crippen LogP) is 0.697. The lowest BCUT2D eigenvalue weighted by Gasteiger charge is -2.27. The molecule has 0 bridgehead atoms. The number of alkyl halides is 3. The number of carboxylic acids is 1. The molecule has 5 nitrogen and oxygen atoms in total. The van der Waals surface area contributed by atoms with Crippen LogP contribution in [0.1, 0.15) is 12.2 Å². The summed E-state index contributed by atoms with van der Waals surface area (Å²) in [5.41, 5.74) is 1.69. The van der Waals surface area contributed by atoms with Crippen LogP contribution in [0.3, 0.4) is 0 Å². The number of hydrogen-bond donors (Lipinski definition) is 2. The van der Waals surface area contributed by atoms with E-state index in [-0.39, 0.29) is 6.42 Å². The van der Waals surface area contributed by atoms with E-state index in [4.69, 9.17) is 10.8 Å². The van der Waals surface area contributed by atoms with E-state index in [0.29, 0.717) is 5.82 Å². The van der Waals surface area contributed by atoms with Gasteiger partial charge in [0.05, 0.1) is 0 Å². The molecule has 0 aliphatic carbocycles. The molecule has 1 rings (SSSR count). The average molecular weight is 251 g/mol. The van der Waals surface area contributed by atoms with E-state index in [1.165, 1.54) is 10.8 Å². The van der Waals surface area contributed by atoms with E-state index in [1.807, 2.05) is 0 Å². The first-order chi connectivity index (χ1) is 7.68. The van der Waals surface area contributed by atoms with Gasteiger partial charge in [0.15, 0.2) is 0 Å². The molecule has 0 fully saturated rings. The molecule has 8 heteroatoms. The Balaban J connectivity index is 2.83. The molecule has 96 valence electrons. The summed E-state index contributed by atoms with van der Waals surface area (Å²) in [5, 5.41) is 8.59. The molecule has 0 saturated heterocycles. The summed E-state index contributed by atoms with van der Waals surface area (Å²) in [7, 11) is 1.61. The third kappa shape index (κ3) is 2.57. The van der Waals surface area contributed by atoms with Crippen molar-refractivity contribution >= 4 is 5.97 Å². The highest BCUT2D eigenvalue weighted by Crippen LogP contribution is 2.32. The van der Waals surface area contributed by atoms with Gasteiger partial charge in [-0.2, -0.15) is 13.2 Å². The smallest absolute Gasteiger partial charge is 0.417 e. The van der Waals surface area contributed by atoms with Crippen LogP contribution in [0.15, 0.2) is 12.4 Å². The third-order valence-electron chi connectivity index (χ3n) is 2.55. The zero-order valence-electron chi connectivity index (χ0n) is 9.03. The van der Waals surface area contributed by atoms with Crippen LogP contribution in [0.2, 0.25) is 0 Å². The molecular weight excluding hydrogens is 239 g/mol. The van der Waals surface area contributed by atoms with Crippen LogP contribution >= 0.6 is 0 Å². The SMILES string of the molecule is Cn1ccnc1CCC(N)(C(=O)O)C(F)(F)F. The second-order valence-electron chi connectivity index (χ2n) is 3.73. The molecule has 1 aromatic rings. The fourth-order valence-corrected chi connectivity index (χ4v) is 1.32. The first kappa shape index (κ1) is 13.5. The zero-order valence-corrected chi connectivity index (χ0v) is 9.03. The molecule has 3 N–H and O–H groups in total. The van der Waals surface area contributed by atoms with Gasteiger partial charge in [-0.05, 0) is 6.42 Å². The van der Waals surface area contributed by atoms with Crippen LogP contribution in [0.4, 0.5) is 13.2 Å². The summed E-state index contributed by atoms with van der Waals surface area (Å²) in [5.74, 6) is -1.73. The van der Waals surface area contributed by atoms with Crippen LogP contribution < -0.4 is 5.73 Å². The summed E-state index contributed by atoms with van der Waals surface area (Å²) < 4.78 is 39.2. The number of rotatable bonds is 4. The number of carbonyl (C=O) groups is 1. The van der Waals surface area contributed by atoms with E-state index in [0.717, 1.165) is 0 Å². The van der Waals surface area contributed by atoms with Crippen molar-refractivity contribution in [2.45, 2.75) is 24.6 Å². The Kier molecular flexibility index (Phi) is 3.46. The van der Waals surface area contributed by atoms with Crippen molar-refractivity contribution in [2.75, 3.05) is 0 Å². The molecule has 0 radical (unpaired) electrons. The van der Waals surface area contributed by atoms with Crippen molar-refractivity contribution in [3.05, 3.63) is 18.2 Å². The second kappa shape index (κ2) is 4.36. The van der Waals surface area contributed by atoms with Gasteiger partial charge in [0.2, 0.25) is 5.54 Å². The lowest BCUT2D eigenvalue weighted by molar-refractivity contribution is -0.203. The van der Waals surface area contributed by atoms with Gasteiger partial charge in [-0.25, -0.2) is 9.78 Å². The summed E-state index contributed by atoms with van der Waals surface area (Å²) in [6.45, 7) is 0. The number of carboxylic acid groups (broad SMARTS) is 1. The quantitative estimate of drug-likeness (QED) is 0.825. The fraction of sp³-hybridized carbons (Fsp3) is 0.556. The highest BCUT2D eigenvalue weighted by atomic mass is 19.4. The Morgan fingerprint density at radius 1 is 1.59 bits per heavy atom. The topological polar surface area (TPSA) is 81.1 Å². The Labute approximate surface area is 95.1 Å². The number of aryl methyl sites for hydroxylation is 2. The molecular formula is C9H12F3N3O2. The van der Waals surface area contributed by atoms with E-state index in [2.05, 4.69) is 4.98 Å². The number of hydrogen-bond acceptors (Lipinski definition) is 3. The minimum atomic E-state index is -5.00. The van der Waals surface area contributed by atoms with Crippen molar-refractivity contribution in [3.63, 3.8) is 0 Å². The number of imidazole rings is 1. The van der Waals surface area contributed by atoms with Crippen molar-refractivity contribution in [3.8, 4) is 0 Å². The van der Waals surface area contributed by atoms with Gasteiger partial charge in [0, 0.05) is 25.9 Å². The first-order valence-electron chi connectivity index (χ1n) is 4.73. The van der Waals surface area contributed by atoms with Crippen LogP contribution in [0.5, 0.6) is 0 Å². The standard InChI is InChI=1S/C9H12F3N3O2/c1-15-5-4-14-6(15)2-3-8(13,7(16)17)9(10,11)12/h4-5H,2-3,13H2,1H3,(H,16,17). The highest BCUT2D eigenvalue weighted by Gasteiger charge is 2.57. The maximum atomic E-state index is 12.6. The molecule has 0 aromatic carbocycles. The van der Waals surface area contributed by atoms with Gasteiger partial charge < -0.3 is 15.4 Å². The van der Waals surface area contributed by atoms with Gasteiger partial charge in [-0.15, -0.1) is 0 Å². The molecule has 0 aliphatic heterocycles. The van der Waals surface area contributed by atoms with Crippen LogP contribution in [-0.4, -0.2) is 32.3 Å². The minimum Gasteiger partial charge on any atom is -0.480 e. The molecule has 1 unspecified atom stereocenters. The van der Waals surface area contributed by atoms with E-state index < -0.39 is 24.1 Å². The molecule has 0 spiro atoms. The van der Waals surface area contributed by atoms with Gasteiger partial charge in [0.1, 0.15) is 5.82 Å². The lowest BCUT2D eigenvalue weighted by atomic mass is 9.94. The first-order valence-corrected chi connectivity index (χ1v) is 4.73. The number of halogens is 3. The average Bonchev–Trinajstić information content (AvgIpc) is 2.58. The Morgan fingerprint density at radius 3 is 2.53 bits per heavy atom. The van der Waals surface area contributed by atoms with Gasteiger partial charge in [-0.3, -0.25) is 0 Å². The fourth-order valence-electron chi connectivity index (χ4n) is 1.32. The minimum absolute atomic E-state index is 0.161. The number of aromatic nitrogens is 2. The molecule has 1 aromatic heterocycles.